The van der Waals surface area contributed by atoms with Crippen molar-refractivity contribution in [1.29, 1.82) is 0 Å². The number of carbonyl (C=O) groups excluding carboxylic acids is 1. The van der Waals surface area contributed by atoms with Crippen molar-refractivity contribution in [2.45, 2.75) is 237 Å². The molecular formula is C41H78O9. The third-order valence-electron chi connectivity index (χ3n) is 10.3. The molecule has 296 valence electrons. The first-order valence-electron chi connectivity index (χ1n) is 21.2. The molecule has 50 heavy (non-hydrogen) atoms. The monoisotopic (exact) mass is 715 g/mol. The lowest BCUT2D eigenvalue weighted by molar-refractivity contribution is -0.195. The minimum Gasteiger partial charge on any atom is -0.463 e. The summed E-state index contributed by atoms with van der Waals surface area (Å²) in [6.45, 7) is 4.39. The molecule has 2 fully saturated rings. The maximum Gasteiger partial charge on any atom is 0.305 e. The van der Waals surface area contributed by atoms with Gasteiger partial charge in [-0.05, 0) is 19.3 Å². The van der Waals surface area contributed by atoms with Gasteiger partial charge in [0.1, 0.15) is 37.1 Å². The zero-order valence-electron chi connectivity index (χ0n) is 32.3. The van der Waals surface area contributed by atoms with E-state index in [0.717, 1.165) is 38.5 Å². The Balaban J connectivity index is 1.43. The molecule has 0 spiro atoms. The number of rotatable bonds is 34. The number of unbranched alkanes of at least 4 members (excludes halogenated alkanes) is 24. The van der Waals surface area contributed by atoms with Crippen molar-refractivity contribution in [3.63, 3.8) is 0 Å². The Hall–Kier alpha value is -0.810. The predicted molar refractivity (Wildman–Crippen MR) is 199 cm³/mol. The van der Waals surface area contributed by atoms with Crippen LogP contribution in [0.1, 0.15) is 194 Å². The Morgan fingerprint density at radius 3 is 1.58 bits per heavy atom. The van der Waals surface area contributed by atoms with Gasteiger partial charge >= 0.3 is 5.97 Å². The van der Waals surface area contributed by atoms with Gasteiger partial charge in [0.25, 0.3) is 0 Å². The second kappa shape index (κ2) is 30.6. The van der Waals surface area contributed by atoms with Gasteiger partial charge in [0.2, 0.25) is 0 Å². The Labute approximate surface area is 305 Å². The van der Waals surface area contributed by atoms with Crippen molar-refractivity contribution in [2.24, 2.45) is 0 Å². The van der Waals surface area contributed by atoms with Gasteiger partial charge < -0.3 is 39.0 Å². The predicted octanol–water partition coefficient (Wildman–Crippen LogP) is 9.06. The van der Waals surface area contributed by atoms with Gasteiger partial charge in [-0.1, -0.05) is 168 Å². The van der Waals surface area contributed by atoms with Crippen LogP contribution in [0.3, 0.4) is 0 Å². The fourth-order valence-corrected chi connectivity index (χ4v) is 7.05. The van der Waals surface area contributed by atoms with Gasteiger partial charge in [-0.15, -0.1) is 0 Å². The molecule has 0 aromatic heterocycles. The number of carbonyl (C=O) groups is 1. The maximum absolute atomic E-state index is 12.0. The zero-order valence-corrected chi connectivity index (χ0v) is 32.3. The van der Waals surface area contributed by atoms with Gasteiger partial charge in [-0.25, -0.2) is 0 Å². The van der Waals surface area contributed by atoms with Gasteiger partial charge in [0.05, 0.1) is 13.2 Å². The summed E-state index contributed by atoms with van der Waals surface area (Å²) in [4.78, 5) is 12.0. The molecule has 2 heterocycles. The molecule has 0 radical (unpaired) electrons. The van der Waals surface area contributed by atoms with Gasteiger partial charge in [0, 0.05) is 6.42 Å². The van der Waals surface area contributed by atoms with E-state index in [1.807, 2.05) is 0 Å². The number of aliphatic hydroxyl groups excluding tert-OH is 3. The van der Waals surface area contributed by atoms with E-state index in [-0.39, 0.29) is 32.1 Å². The van der Waals surface area contributed by atoms with E-state index in [4.69, 9.17) is 23.7 Å². The number of esters is 1. The number of hydrogen-bond acceptors (Lipinski definition) is 9. The highest BCUT2D eigenvalue weighted by atomic mass is 16.8. The smallest absolute Gasteiger partial charge is 0.305 e. The third-order valence-corrected chi connectivity index (χ3v) is 10.3. The van der Waals surface area contributed by atoms with E-state index in [1.165, 1.54) is 135 Å². The molecule has 0 aromatic carbocycles. The van der Waals surface area contributed by atoms with Crippen LogP contribution < -0.4 is 0 Å². The Morgan fingerprint density at radius 1 is 0.620 bits per heavy atom. The van der Waals surface area contributed by atoms with Crippen molar-refractivity contribution in [3.05, 3.63) is 0 Å². The quantitative estimate of drug-likeness (QED) is 0.0442. The second-order valence-corrected chi connectivity index (χ2v) is 15.1. The van der Waals surface area contributed by atoms with Gasteiger partial charge in [0.15, 0.2) is 12.6 Å². The molecule has 2 aliphatic heterocycles. The fourth-order valence-electron chi connectivity index (χ4n) is 7.05. The SMILES string of the molecule is CCCCCCCCCCCCCCCCCCC[C@@H]1OC[C@H]([C@@H]2O[C@@H](OC[C@H](O)COC(=O)CCCCCCCCCCC)[C@H](O)[C@H]2O)O1. The third kappa shape index (κ3) is 21.7. The van der Waals surface area contributed by atoms with Crippen LogP contribution in [0.25, 0.3) is 0 Å². The standard InChI is InChI=1S/C41H78O9/c1-3-5-7-9-11-13-14-15-16-17-18-19-20-22-24-26-28-30-37-47-33-35(49-37)40-38(44)39(45)41(50-40)48-32-34(42)31-46-36(43)29-27-25-23-21-12-10-8-6-4-2/h34-35,37-42,44-45H,3-33H2,1-2H3/t34-,35-,37-,38-,39-,40+,41-/m1/s1. The first-order chi connectivity index (χ1) is 24.5. The molecule has 2 saturated heterocycles. The van der Waals surface area contributed by atoms with Gasteiger partial charge in [-0.3, -0.25) is 4.79 Å². The fraction of sp³-hybridized carbons (Fsp3) is 0.976. The lowest BCUT2D eigenvalue weighted by Gasteiger charge is -2.20. The first-order valence-corrected chi connectivity index (χ1v) is 21.2. The Morgan fingerprint density at radius 2 is 1.08 bits per heavy atom. The van der Waals surface area contributed by atoms with E-state index in [2.05, 4.69) is 13.8 Å². The van der Waals surface area contributed by atoms with Crippen LogP contribution >= 0.6 is 0 Å². The van der Waals surface area contributed by atoms with Crippen LogP contribution in [-0.4, -0.2) is 84.2 Å². The molecule has 9 heteroatoms. The summed E-state index contributed by atoms with van der Waals surface area (Å²) >= 11 is 0. The largest absolute Gasteiger partial charge is 0.463 e. The van der Waals surface area contributed by atoms with Crippen molar-refractivity contribution in [2.75, 3.05) is 19.8 Å². The molecular weight excluding hydrogens is 636 g/mol. The van der Waals surface area contributed by atoms with Crippen LogP contribution in [0.2, 0.25) is 0 Å². The van der Waals surface area contributed by atoms with Crippen molar-refractivity contribution >= 4 is 5.97 Å². The van der Waals surface area contributed by atoms with E-state index in [1.54, 1.807) is 0 Å². The highest BCUT2D eigenvalue weighted by Crippen LogP contribution is 2.30. The topological polar surface area (TPSA) is 124 Å². The minimum atomic E-state index is -1.28. The lowest BCUT2D eigenvalue weighted by atomic mass is 10.0. The first kappa shape index (κ1) is 45.3. The normalized spacial score (nSPS) is 24.3. The molecule has 0 aliphatic carbocycles. The Bertz CT molecular complexity index is 783. The summed E-state index contributed by atoms with van der Waals surface area (Å²) in [5, 5.41) is 31.4. The van der Waals surface area contributed by atoms with Crippen molar-refractivity contribution in [1.82, 2.24) is 0 Å². The van der Waals surface area contributed by atoms with Crippen molar-refractivity contribution in [3.8, 4) is 0 Å². The summed E-state index contributed by atoms with van der Waals surface area (Å²) in [7, 11) is 0. The average molecular weight is 715 g/mol. The second-order valence-electron chi connectivity index (χ2n) is 15.1. The molecule has 0 bridgehead atoms. The summed E-state index contributed by atoms with van der Waals surface area (Å²) in [6.07, 6.45) is 28.2. The highest BCUT2D eigenvalue weighted by molar-refractivity contribution is 5.69. The van der Waals surface area contributed by atoms with Gasteiger partial charge in [-0.2, -0.15) is 0 Å². The minimum absolute atomic E-state index is 0.189. The van der Waals surface area contributed by atoms with Crippen LogP contribution in [0.4, 0.5) is 0 Å². The molecule has 0 unspecified atom stereocenters. The molecule has 7 atom stereocenters. The summed E-state index contributed by atoms with van der Waals surface area (Å²) in [5.41, 5.74) is 0. The molecule has 0 amide bonds. The van der Waals surface area contributed by atoms with E-state index >= 15 is 0 Å². The van der Waals surface area contributed by atoms with E-state index in [9.17, 15) is 20.1 Å². The van der Waals surface area contributed by atoms with E-state index in [0.29, 0.717) is 6.42 Å². The van der Waals surface area contributed by atoms with Crippen molar-refractivity contribution < 1.29 is 43.8 Å². The molecule has 9 nitrogen and oxygen atoms in total. The molecule has 2 rings (SSSR count). The Kier molecular flexibility index (Phi) is 27.8. The van der Waals surface area contributed by atoms with Crippen LogP contribution in [0.15, 0.2) is 0 Å². The number of aliphatic hydroxyl groups is 3. The molecule has 0 saturated carbocycles. The molecule has 3 N–H and O–H groups in total. The summed E-state index contributed by atoms with van der Waals surface area (Å²) in [6, 6.07) is 0. The number of ether oxygens (including phenoxy) is 5. The highest BCUT2D eigenvalue weighted by Gasteiger charge is 2.49. The van der Waals surface area contributed by atoms with Crippen LogP contribution in [-0.2, 0) is 28.5 Å². The maximum atomic E-state index is 12.0. The zero-order chi connectivity index (χ0) is 36.1. The lowest BCUT2D eigenvalue weighted by Crippen LogP contribution is -2.40. The number of hydrogen-bond donors (Lipinski definition) is 3. The van der Waals surface area contributed by atoms with E-state index < -0.39 is 36.8 Å². The molecule has 2 aliphatic rings. The average Bonchev–Trinajstić information content (AvgIpc) is 3.70. The van der Waals surface area contributed by atoms with Crippen LogP contribution in [0.5, 0.6) is 0 Å². The molecule has 0 aromatic rings. The summed E-state index contributed by atoms with van der Waals surface area (Å²) in [5.74, 6) is -0.331. The summed E-state index contributed by atoms with van der Waals surface area (Å²) < 4.78 is 28.4. The van der Waals surface area contributed by atoms with Crippen LogP contribution in [0, 0.1) is 0 Å².